The van der Waals surface area contributed by atoms with Crippen LogP contribution in [0.25, 0.3) is 6.08 Å². The molecule has 1 amide bonds. The second-order valence-corrected chi connectivity index (χ2v) is 8.55. The van der Waals surface area contributed by atoms with E-state index in [9.17, 15) is 9.59 Å². The van der Waals surface area contributed by atoms with Gasteiger partial charge in [0.05, 0.1) is 18.2 Å². The minimum Gasteiger partial charge on any atom is -0.493 e. The molecule has 0 saturated heterocycles. The number of nitrogens with one attached hydrogen (secondary N) is 1. The fourth-order valence-electron chi connectivity index (χ4n) is 3.12. The van der Waals surface area contributed by atoms with E-state index in [4.69, 9.17) is 26.5 Å². The second-order valence-electron chi connectivity index (χ2n) is 7.07. The van der Waals surface area contributed by atoms with Gasteiger partial charge in [-0.05, 0) is 72.6 Å². The van der Waals surface area contributed by atoms with Crippen LogP contribution in [-0.2, 0) is 4.79 Å². The van der Waals surface area contributed by atoms with Crippen molar-refractivity contribution in [2.24, 2.45) is 10.1 Å². The minimum atomic E-state index is -0.561. The lowest BCUT2D eigenvalue weighted by Crippen LogP contribution is -2.35. The molecule has 10 heteroatoms. The van der Waals surface area contributed by atoms with Crippen molar-refractivity contribution < 1.29 is 19.1 Å². The molecule has 0 aromatic heterocycles. The van der Waals surface area contributed by atoms with Crippen molar-refractivity contribution in [2.75, 3.05) is 7.11 Å². The Bertz CT molecular complexity index is 1240. The Labute approximate surface area is 199 Å². The normalized spacial score (nSPS) is 16.5. The van der Waals surface area contributed by atoms with Crippen molar-refractivity contribution in [1.29, 1.82) is 5.41 Å². The maximum atomic E-state index is 12.6. The number of esters is 1. The first-order valence-corrected chi connectivity index (χ1v) is 11.2. The summed E-state index contributed by atoms with van der Waals surface area (Å²) in [5.74, 6) is -0.598. The minimum absolute atomic E-state index is 0.0409. The molecule has 4 rings (SSSR count). The summed E-state index contributed by atoms with van der Waals surface area (Å²) in [6, 6.07) is 11.2. The van der Waals surface area contributed by atoms with Crippen molar-refractivity contribution >= 4 is 57.4 Å². The maximum Gasteiger partial charge on any atom is 0.343 e. The number of hydrogen-bond acceptors (Lipinski definition) is 7. The lowest BCUT2D eigenvalue weighted by atomic mass is 10.1. The van der Waals surface area contributed by atoms with Gasteiger partial charge >= 0.3 is 5.97 Å². The van der Waals surface area contributed by atoms with Crippen molar-refractivity contribution in [3.05, 3.63) is 64.2 Å². The summed E-state index contributed by atoms with van der Waals surface area (Å²) in [6.07, 6.45) is 3.20. The number of benzene rings is 2. The summed E-state index contributed by atoms with van der Waals surface area (Å²) in [5, 5.41) is 16.0. The lowest BCUT2D eigenvalue weighted by molar-refractivity contribution is -0.114. The smallest absolute Gasteiger partial charge is 0.343 e. The Hall–Kier alpha value is -3.43. The van der Waals surface area contributed by atoms with Crippen LogP contribution in [0.2, 0.25) is 5.02 Å². The third kappa shape index (κ3) is 4.84. The summed E-state index contributed by atoms with van der Waals surface area (Å²) >= 11 is 7.17. The highest BCUT2D eigenvalue weighted by molar-refractivity contribution is 8.26. The van der Waals surface area contributed by atoms with Crippen LogP contribution < -0.4 is 9.47 Å². The highest BCUT2D eigenvalue weighted by Crippen LogP contribution is 2.32. The Balaban J connectivity index is 1.57. The molecule has 2 aliphatic heterocycles. The monoisotopic (exact) mass is 482 g/mol. The predicted octanol–water partition coefficient (Wildman–Crippen LogP) is 4.99. The highest BCUT2D eigenvalue weighted by Gasteiger charge is 2.35. The number of aliphatic imine (C=N–C) groups is 1. The van der Waals surface area contributed by atoms with Crippen LogP contribution in [0, 0.1) is 5.41 Å². The number of fused-ring (bicyclic) bond motifs is 1. The van der Waals surface area contributed by atoms with E-state index in [2.05, 4.69) is 10.1 Å². The van der Waals surface area contributed by atoms with Gasteiger partial charge in [-0.2, -0.15) is 15.1 Å². The molecular weight excluding hydrogens is 464 g/mol. The molecule has 0 fully saturated rings. The van der Waals surface area contributed by atoms with Crippen LogP contribution in [0.3, 0.4) is 0 Å². The number of halogens is 1. The number of hydrogen-bond donors (Lipinski definition) is 1. The zero-order chi connectivity index (χ0) is 23.5. The first kappa shape index (κ1) is 22.8. The summed E-state index contributed by atoms with van der Waals surface area (Å²) in [4.78, 5) is 29.1. The third-order valence-electron chi connectivity index (χ3n) is 4.74. The third-order valence-corrected chi connectivity index (χ3v) is 5.96. The van der Waals surface area contributed by atoms with Gasteiger partial charge in [0.2, 0.25) is 5.17 Å². The molecule has 0 aliphatic carbocycles. The number of ether oxygens (including phenoxy) is 2. The SMILES string of the molecule is CCCC1=NN2C(=N)C(=Cc3ccc(OC(=O)c4ccc(Cl)cc4)c(OC)c3)C(=O)N=C2S1. The standard InChI is InChI=1S/C23H19ClN4O4S/c1-3-4-19-27-28-20(25)16(21(29)26-23(28)33-19)11-13-5-10-17(18(12-13)31-2)32-22(30)14-6-8-15(24)9-7-14/h5-12,25H,3-4H2,1-2H3. The van der Waals surface area contributed by atoms with E-state index in [0.717, 1.165) is 17.9 Å². The van der Waals surface area contributed by atoms with Gasteiger partial charge in [-0.15, -0.1) is 0 Å². The summed E-state index contributed by atoms with van der Waals surface area (Å²) < 4.78 is 10.8. The first-order chi connectivity index (χ1) is 15.9. The number of methoxy groups -OCH3 is 1. The zero-order valence-electron chi connectivity index (χ0n) is 17.8. The molecule has 0 unspecified atom stereocenters. The fourth-order valence-corrected chi connectivity index (χ4v) is 4.23. The van der Waals surface area contributed by atoms with Gasteiger partial charge in [-0.1, -0.05) is 24.6 Å². The Morgan fingerprint density at radius 2 is 1.97 bits per heavy atom. The molecule has 0 atom stereocenters. The largest absolute Gasteiger partial charge is 0.493 e. The van der Waals surface area contributed by atoms with E-state index in [1.165, 1.54) is 30.0 Å². The van der Waals surface area contributed by atoms with Gasteiger partial charge in [0.25, 0.3) is 5.91 Å². The number of carbonyl (C=O) groups excluding carboxylic acids is 2. The quantitative estimate of drug-likeness (QED) is 0.353. The van der Waals surface area contributed by atoms with E-state index >= 15 is 0 Å². The Morgan fingerprint density at radius 1 is 1.21 bits per heavy atom. The molecular formula is C23H19ClN4O4S. The van der Waals surface area contributed by atoms with Crippen molar-refractivity contribution in [1.82, 2.24) is 5.01 Å². The summed E-state index contributed by atoms with van der Waals surface area (Å²) in [5.41, 5.74) is 1.03. The van der Waals surface area contributed by atoms with Crippen LogP contribution in [0.1, 0.15) is 35.7 Å². The molecule has 0 saturated carbocycles. The van der Waals surface area contributed by atoms with Crippen LogP contribution in [0.15, 0.2) is 58.1 Å². The van der Waals surface area contributed by atoms with Gasteiger partial charge in [-0.3, -0.25) is 10.2 Å². The number of thioether (sulfide) groups is 1. The van der Waals surface area contributed by atoms with E-state index in [0.29, 0.717) is 27.1 Å². The summed E-state index contributed by atoms with van der Waals surface area (Å²) in [7, 11) is 1.45. The predicted molar refractivity (Wildman–Crippen MR) is 129 cm³/mol. The van der Waals surface area contributed by atoms with E-state index in [1.807, 2.05) is 6.92 Å². The molecule has 0 spiro atoms. The first-order valence-electron chi connectivity index (χ1n) is 10.0. The van der Waals surface area contributed by atoms with Crippen molar-refractivity contribution in [3.8, 4) is 11.5 Å². The van der Waals surface area contributed by atoms with Gasteiger partial charge in [-0.25, -0.2) is 4.79 Å². The van der Waals surface area contributed by atoms with Crippen LogP contribution in [0.4, 0.5) is 0 Å². The Kier molecular flexibility index (Phi) is 6.62. The number of carbonyl (C=O) groups is 2. The molecule has 2 aliphatic rings. The number of amidine groups is 2. The maximum absolute atomic E-state index is 12.6. The molecule has 2 heterocycles. The van der Waals surface area contributed by atoms with Gasteiger partial charge in [0.15, 0.2) is 17.3 Å². The number of amides is 1. The number of rotatable bonds is 6. The zero-order valence-corrected chi connectivity index (χ0v) is 19.4. The molecule has 2 aromatic rings. The average Bonchev–Trinajstić information content (AvgIpc) is 3.20. The van der Waals surface area contributed by atoms with E-state index in [-0.39, 0.29) is 17.2 Å². The number of nitrogens with zero attached hydrogens (tertiary/aromatic N) is 3. The highest BCUT2D eigenvalue weighted by atomic mass is 35.5. The molecule has 168 valence electrons. The van der Waals surface area contributed by atoms with Crippen LogP contribution in [0.5, 0.6) is 11.5 Å². The van der Waals surface area contributed by atoms with Gasteiger partial charge in [0.1, 0.15) is 5.04 Å². The van der Waals surface area contributed by atoms with Crippen molar-refractivity contribution in [2.45, 2.75) is 19.8 Å². The van der Waals surface area contributed by atoms with Crippen molar-refractivity contribution in [3.63, 3.8) is 0 Å². The van der Waals surface area contributed by atoms with E-state index in [1.54, 1.807) is 42.5 Å². The second kappa shape index (κ2) is 9.60. The van der Waals surface area contributed by atoms with E-state index < -0.39 is 11.9 Å². The Morgan fingerprint density at radius 3 is 2.67 bits per heavy atom. The molecule has 2 aromatic carbocycles. The molecule has 0 bridgehead atoms. The average molecular weight is 483 g/mol. The molecule has 33 heavy (non-hydrogen) atoms. The molecule has 1 N–H and O–H groups in total. The number of hydrazone groups is 1. The van der Waals surface area contributed by atoms with Gasteiger partial charge in [0, 0.05) is 5.02 Å². The van der Waals surface area contributed by atoms with Crippen LogP contribution >= 0.6 is 23.4 Å². The molecule has 0 radical (unpaired) electrons. The van der Waals surface area contributed by atoms with Crippen LogP contribution in [-0.4, -0.2) is 40.0 Å². The summed E-state index contributed by atoms with van der Waals surface area (Å²) in [6.45, 7) is 2.04. The fraction of sp³-hybridized carbons (Fsp3) is 0.174. The van der Waals surface area contributed by atoms with Gasteiger partial charge < -0.3 is 9.47 Å². The topological polar surface area (TPSA) is 104 Å². The lowest BCUT2D eigenvalue weighted by Gasteiger charge is -2.20. The molecule has 8 nitrogen and oxygen atoms in total.